The third-order valence-corrected chi connectivity index (χ3v) is 7.30. The number of pyridine rings is 1. The van der Waals surface area contributed by atoms with E-state index in [1.807, 2.05) is 41.8 Å². The van der Waals surface area contributed by atoms with Crippen LogP contribution in [0.1, 0.15) is 18.0 Å². The number of quaternary nitrogens is 1. The molecule has 0 radical (unpaired) electrons. The number of thiophene rings is 1. The molecule has 0 saturated carbocycles. The molecule has 4 heterocycles. The largest absolute Gasteiger partial charge is 0.337 e. The van der Waals surface area contributed by atoms with Gasteiger partial charge in [0.15, 0.2) is 6.54 Å². The van der Waals surface area contributed by atoms with Crippen LogP contribution in [0.4, 0.5) is 0 Å². The van der Waals surface area contributed by atoms with E-state index in [9.17, 15) is 9.59 Å². The van der Waals surface area contributed by atoms with Crippen molar-refractivity contribution in [2.45, 2.75) is 18.9 Å². The molecule has 5 rings (SSSR count). The second-order valence-electron chi connectivity index (χ2n) is 8.72. The number of likely N-dealkylation sites (tertiary alicyclic amines) is 1. The molecule has 1 amide bonds. The van der Waals surface area contributed by atoms with Crippen LogP contribution in [0.2, 0.25) is 0 Å². The average Bonchev–Trinajstić information content (AvgIpc) is 3.12. The summed E-state index contributed by atoms with van der Waals surface area (Å²) in [6.07, 6.45) is 1.07. The third kappa shape index (κ3) is 3.30. The molecule has 6 heteroatoms. The first-order chi connectivity index (χ1) is 14.0. The number of fused-ring (bicyclic) bond motifs is 5. The van der Waals surface area contributed by atoms with Crippen molar-refractivity contribution >= 4 is 27.3 Å². The maximum atomic E-state index is 13.4. The van der Waals surface area contributed by atoms with Gasteiger partial charge in [-0.15, -0.1) is 11.3 Å². The fourth-order valence-electron chi connectivity index (χ4n) is 4.87. The molecule has 2 aromatic heterocycles. The first kappa shape index (κ1) is 18.6. The average molecular weight is 409 g/mol. The number of hydrogen-bond donors (Lipinski definition) is 1. The summed E-state index contributed by atoms with van der Waals surface area (Å²) in [6, 6.07) is 14.5. The number of amides is 1. The summed E-state index contributed by atoms with van der Waals surface area (Å²) in [4.78, 5) is 30.1. The summed E-state index contributed by atoms with van der Waals surface area (Å²) in [5.41, 5.74) is 1.99. The number of carbonyl (C=O) groups excluding carboxylic acids is 1. The van der Waals surface area contributed by atoms with Gasteiger partial charge in [0.1, 0.15) is 0 Å². The molecule has 3 aromatic rings. The van der Waals surface area contributed by atoms with E-state index in [4.69, 9.17) is 0 Å². The molecule has 1 saturated heterocycles. The van der Waals surface area contributed by atoms with Gasteiger partial charge in [-0.05, 0) is 42.0 Å². The van der Waals surface area contributed by atoms with Crippen LogP contribution in [0, 0.1) is 5.92 Å². The molecular weight excluding hydrogens is 382 g/mol. The summed E-state index contributed by atoms with van der Waals surface area (Å²) in [5.74, 6) is 0.836. The SMILES string of the molecule is C[NH+](C)CC(=O)N1C[C@@H]2C[C@H](C1)c1ccc(-c3cc4ccccc4s3)c(=O)n1C2. The van der Waals surface area contributed by atoms with Crippen LogP contribution < -0.4 is 10.5 Å². The van der Waals surface area contributed by atoms with Crippen LogP contribution >= 0.6 is 11.3 Å². The van der Waals surface area contributed by atoms with E-state index in [0.717, 1.165) is 40.5 Å². The summed E-state index contributed by atoms with van der Waals surface area (Å²) in [5, 5.41) is 1.18. The molecular formula is C23H26N3O2S+. The lowest BCUT2D eigenvalue weighted by Crippen LogP contribution is -3.07. The lowest BCUT2D eigenvalue weighted by Gasteiger charge is -2.42. The Morgan fingerprint density at radius 3 is 2.76 bits per heavy atom. The third-order valence-electron chi connectivity index (χ3n) is 6.15. The second kappa shape index (κ2) is 7.11. The Morgan fingerprint density at radius 2 is 1.97 bits per heavy atom. The van der Waals surface area contributed by atoms with Crippen molar-refractivity contribution in [3.05, 3.63) is 58.5 Å². The maximum Gasteiger partial charge on any atom is 0.277 e. The zero-order valence-corrected chi connectivity index (χ0v) is 17.7. The molecule has 1 aromatic carbocycles. The Balaban J connectivity index is 1.48. The van der Waals surface area contributed by atoms with E-state index in [-0.39, 0.29) is 17.4 Å². The van der Waals surface area contributed by atoms with E-state index < -0.39 is 0 Å². The van der Waals surface area contributed by atoms with E-state index in [1.54, 1.807) is 11.3 Å². The molecule has 2 aliphatic rings. The second-order valence-corrected chi connectivity index (χ2v) is 9.80. The van der Waals surface area contributed by atoms with Crippen LogP contribution in [0.15, 0.2) is 47.3 Å². The topological polar surface area (TPSA) is 46.8 Å². The Kier molecular flexibility index (Phi) is 4.56. The highest BCUT2D eigenvalue weighted by atomic mass is 32.1. The van der Waals surface area contributed by atoms with Gasteiger partial charge in [0.05, 0.1) is 19.7 Å². The van der Waals surface area contributed by atoms with Gasteiger partial charge in [-0.2, -0.15) is 0 Å². The number of carbonyl (C=O) groups is 1. The Bertz CT molecular complexity index is 1110. The van der Waals surface area contributed by atoms with Gasteiger partial charge < -0.3 is 14.4 Å². The summed E-state index contributed by atoms with van der Waals surface area (Å²) >= 11 is 1.68. The van der Waals surface area contributed by atoms with Crippen molar-refractivity contribution in [1.29, 1.82) is 0 Å². The Labute approximate surface area is 174 Å². The highest BCUT2D eigenvalue weighted by molar-refractivity contribution is 7.22. The van der Waals surface area contributed by atoms with Crippen LogP contribution in [0.5, 0.6) is 0 Å². The number of hydrogen-bond acceptors (Lipinski definition) is 3. The zero-order valence-electron chi connectivity index (χ0n) is 16.9. The minimum absolute atomic E-state index is 0.112. The van der Waals surface area contributed by atoms with Crippen molar-refractivity contribution in [1.82, 2.24) is 9.47 Å². The van der Waals surface area contributed by atoms with Crippen molar-refractivity contribution in [3.8, 4) is 10.4 Å². The lowest BCUT2D eigenvalue weighted by atomic mass is 9.83. The number of piperidine rings is 1. The molecule has 2 atom stereocenters. The van der Waals surface area contributed by atoms with Crippen molar-refractivity contribution in [3.63, 3.8) is 0 Å². The standard InChI is InChI=1S/C23H25N3O2S/c1-24(2)14-22(27)25-11-15-9-17(13-25)19-8-7-18(23(28)26(19)12-15)21-10-16-5-3-4-6-20(16)29-21/h3-8,10,15,17H,9,11-14H2,1-2H3/p+1/t15-,17+/m0/s1. The number of rotatable bonds is 3. The van der Waals surface area contributed by atoms with Gasteiger partial charge in [-0.3, -0.25) is 9.59 Å². The van der Waals surface area contributed by atoms with E-state index in [0.29, 0.717) is 19.0 Å². The lowest BCUT2D eigenvalue weighted by molar-refractivity contribution is -0.849. The summed E-state index contributed by atoms with van der Waals surface area (Å²) in [6.45, 7) is 2.73. The summed E-state index contributed by atoms with van der Waals surface area (Å²) < 4.78 is 3.19. The normalized spacial score (nSPS) is 20.9. The van der Waals surface area contributed by atoms with Crippen LogP contribution in [-0.2, 0) is 11.3 Å². The number of nitrogens with one attached hydrogen (secondary N) is 1. The van der Waals surface area contributed by atoms with Gasteiger partial charge in [-0.1, -0.05) is 18.2 Å². The van der Waals surface area contributed by atoms with E-state index in [2.05, 4.69) is 24.3 Å². The molecule has 0 spiro atoms. The van der Waals surface area contributed by atoms with Crippen LogP contribution in [-0.4, -0.2) is 49.1 Å². The fourth-order valence-corrected chi connectivity index (χ4v) is 5.95. The first-order valence-electron chi connectivity index (χ1n) is 10.3. The van der Waals surface area contributed by atoms with Crippen LogP contribution in [0.3, 0.4) is 0 Å². The smallest absolute Gasteiger partial charge is 0.277 e. The highest BCUT2D eigenvalue weighted by Gasteiger charge is 2.37. The van der Waals surface area contributed by atoms with Gasteiger partial charge >= 0.3 is 0 Å². The van der Waals surface area contributed by atoms with Crippen molar-refractivity contribution in [2.75, 3.05) is 33.7 Å². The van der Waals surface area contributed by atoms with E-state index >= 15 is 0 Å². The minimum Gasteiger partial charge on any atom is -0.337 e. The van der Waals surface area contributed by atoms with Gasteiger partial charge in [-0.25, -0.2) is 0 Å². The first-order valence-corrected chi connectivity index (χ1v) is 11.1. The summed E-state index contributed by atoms with van der Waals surface area (Å²) in [7, 11) is 4.01. The van der Waals surface area contributed by atoms with Gasteiger partial charge in [0, 0.05) is 40.8 Å². The minimum atomic E-state index is 0.112. The molecule has 0 unspecified atom stereocenters. The van der Waals surface area contributed by atoms with E-state index in [1.165, 1.54) is 10.1 Å². The molecule has 2 bridgehead atoms. The number of likely N-dealkylation sites (N-methyl/N-ethyl adjacent to an activating group) is 1. The molecule has 5 nitrogen and oxygen atoms in total. The quantitative estimate of drug-likeness (QED) is 0.719. The predicted molar refractivity (Wildman–Crippen MR) is 117 cm³/mol. The monoisotopic (exact) mass is 408 g/mol. The van der Waals surface area contributed by atoms with Crippen molar-refractivity contribution in [2.24, 2.45) is 5.92 Å². The number of benzene rings is 1. The Hall–Kier alpha value is -2.44. The molecule has 2 aliphatic heterocycles. The van der Waals surface area contributed by atoms with Crippen molar-refractivity contribution < 1.29 is 9.69 Å². The van der Waals surface area contributed by atoms with Gasteiger partial charge in [0.25, 0.3) is 11.5 Å². The maximum absolute atomic E-state index is 13.4. The zero-order chi connectivity index (χ0) is 20.1. The number of aromatic nitrogens is 1. The number of nitrogens with zero attached hydrogens (tertiary/aromatic N) is 2. The molecule has 1 fully saturated rings. The molecule has 1 N–H and O–H groups in total. The Morgan fingerprint density at radius 1 is 1.14 bits per heavy atom. The van der Waals surface area contributed by atoms with Crippen LogP contribution in [0.25, 0.3) is 20.5 Å². The molecule has 0 aliphatic carbocycles. The molecule has 150 valence electrons. The van der Waals surface area contributed by atoms with Gasteiger partial charge in [0.2, 0.25) is 0 Å². The highest BCUT2D eigenvalue weighted by Crippen LogP contribution is 2.37. The predicted octanol–water partition coefficient (Wildman–Crippen LogP) is 1.82. The molecule has 29 heavy (non-hydrogen) atoms. The fraction of sp³-hybridized carbons (Fsp3) is 0.391.